The van der Waals surface area contributed by atoms with Crippen molar-refractivity contribution >= 4 is 34.2 Å². The predicted molar refractivity (Wildman–Crippen MR) is 129 cm³/mol. The molecule has 1 aliphatic rings. The van der Waals surface area contributed by atoms with E-state index in [4.69, 9.17) is 11.6 Å². The van der Waals surface area contributed by atoms with Crippen molar-refractivity contribution in [1.82, 2.24) is 15.5 Å². The zero-order valence-corrected chi connectivity index (χ0v) is 20.9. The van der Waals surface area contributed by atoms with Crippen LogP contribution in [0, 0.1) is 0 Å². The standard InChI is InChI=1S/C24H27ClF3N3O3S/c1-3-35(34)22-7-6-19(25)10-18(22)12-29-23(33)16-4-5-17(21(11-16)24(26,27)28)13-31-9-8-20(14-31)30-15(2)32/h4-7,10-11,20H,3,8-9,12-14H2,1-2H3,(H,29,33)(H,30,32). The molecule has 6 nitrogen and oxygen atoms in total. The number of hydrogen-bond donors (Lipinski definition) is 2. The molecule has 35 heavy (non-hydrogen) atoms. The predicted octanol–water partition coefficient (Wildman–Crippen LogP) is 4.13. The lowest BCUT2D eigenvalue weighted by Gasteiger charge is -2.20. The van der Waals surface area contributed by atoms with Crippen LogP contribution in [0.5, 0.6) is 0 Å². The van der Waals surface area contributed by atoms with Crippen molar-refractivity contribution < 1.29 is 27.0 Å². The second-order valence-corrected chi connectivity index (χ2v) is 10.5. The number of carbonyl (C=O) groups excluding carboxylic acids is 2. The van der Waals surface area contributed by atoms with Crippen molar-refractivity contribution in [1.29, 1.82) is 0 Å². The van der Waals surface area contributed by atoms with Crippen LogP contribution in [0.1, 0.15) is 47.3 Å². The first kappa shape index (κ1) is 27.2. The number of nitrogens with one attached hydrogen (secondary N) is 2. The number of amides is 2. The van der Waals surface area contributed by atoms with E-state index in [0.717, 1.165) is 6.07 Å². The number of nitrogens with zero attached hydrogens (tertiary/aromatic N) is 1. The molecule has 2 aromatic rings. The first-order valence-corrected chi connectivity index (χ1v) is 12.8. The normalized spacial score (nSPS) is 17.3. The lowest BCUT2D eigenvalue weighted by molar-refractivity contribution is -0.138. The van der Waals surface area contributed by atoms with Gasteiger partial charge in [0, 0.05) is 60.4 Å². The van der Waals surface area contributed by atoms with Crippen molar-refractivity contribution in [2.24, 2.45) is 0 Å². The van der Waals surface area contributed by atoms with Gasteiger partial charge in [0.25, 0.3) is 5.91 Å². The van der Waals surface area contributed by atoms with E-state index in [1.807, 2.05) is 4.90 Å². The van der Waals surface area contributed by atoms with Crippen molar-refractivity contribution in [3.05, 3.63) is 63.7 Å². The number of benzene rings is 2. The van der Waals surface area contributed by atoms with Gasteiger partial charge in [-0.25, -0.2) is 0 Å². The Labute approximate surface area is 209 Å². The fraction of sp³-hybridized carbons (Fsp3) is 0.417. The van der Waals surface area contributed by atoms with Crippen molar-refractivity contribution in [2.45, 2.75) is 50.5 Å². The summed E-state index contributed by atoms with van der Waals surface area (Å²) in [4.78, 5) is 26.3. The van der Waals surface area contributed by atoms with Gasteiger partial charge in [-0.05, 0) is 47.9 Å². The van der Waals surface area contributed by atoms with Crippen molar-refractivity contribution in [3.8, 4) is 0 Å². The lowest BCUT2D eigenvalue weighted by atomic mass is 10.0. The van der Waals surface area contributed by atoms with Crippen LogP contribution in [0.4, 0.5) is 13.2 Å². The summed E-state index contributed by atoms with van der Waals surface area (Å²) in [6, 6.07) is 8.25. The molecule has 1 heterocycles. The van der Waals surface area contributed by atoms with Gasteiger partial charge in [-0.1, -0.05) is 24.6 Å². The highest BCUT2D eigenvalue weighted by Gasteiger charge is 2.35. The summed E-state index contributed by atoms with van der Waals surface area (Å²) in [6.07, 6.45) is -3.98. The number of halogens is 4. The van der Waals surface area contributed by atoms with Crippen LogP contribution < -0.4 is 10.6 Å². The fourth-order valence-electron chi connectivity index (χ4n) is 4.08. The molecule has 3 rings (SSSR count). The van der Waals surface area contributed by atoms with E-state index in [9.17, 15) is 27.0 Å². The third-order valence-electron chi connectivity index (χ3n) is 5.72. The molecule has 0 spiro atoms. The van der Waals surface area contributed by atoms with Crippen LogP contribution in [0.25, 0.3) is 0 Å². The highest BCUT2D eigenvalue weighted by molar-refractivity contribution is 7.85. The molecule has 11 heteroatoms. The molecule has 190 valence electrons. The van der Waals surface area contributed by atoms with Gasteiger partial charge in [0.15, 0.2) is 0 Å². The summed E-state index contributed by atoms with van der Waals surface area (Å²) in [5, 5.41) is 5.80. The Balaban J connectivity index is 1.75. The van der Waals surface area contributed by atoms with Crippen molar-refractivity contribution in [3.63, 3.8) is 0 Å². The second-order valence-electron chi connectivity index (χ2n) is 8.36. The zero-order chi connectivity index (χ0) is 25.8. The molecule has 1 aliphatic heterocycles. The van der Waals surface area contributed by atoms with Gasteiger partial charge in [-0.2, -0.15) is 13.2 Å². The molecule has 2 N–H and O–H groups in total. The van der Waals surface area contributed by atoms with Crippen LogP contribution in [-0.2, 0) is 34.9 Å². The minimum Gasteiger partial charge on any atom is -0.352 e. The summed E-state index contributed by atoms with van der Waals surface area (Å²) in [7, 11) is -1.28. The maximum absolute atomic E-state index is 13.8. The smallest absolute Gasteiger partial charge is 0.352 e. The fourth-order valence-corrected chi connectivity index (χ4v) is 5.23. The van der Waals surface area contributed by atoms with E-state index in [1.165, 1.54) is 19.1 Å². The van der Waals surface area contributed by atoms with Crippen LogP contribution in [0.15, 0.2) is 41.3 Å². The highest BCUT2D eigenvalue weighted by Crippen LogP contribution is 2.34. The lowest BCUT2D eigenvalue weighted by Crippen LogP contribution is -2.35. The minimum atomic E-state index is -4.64. The molecule has 2 aromatic carbocycles. The molecule has 1 saturated heterocycles. The average molecular weight is 530 g/mol. The molecule has 0 aromatic heterocycles. The quantitative estimate of drug-likeness (QED) is 0.539. The number of alkyl halides is 3. The summed E-state index contributed by atoms with van der Waals surface area (Å²) in [5.74, 6) is -0.474. The van der Waals surface area contributed by atoms with Gasteiger partial charge >= 0.3 is 6.18 Å². The van der Waals surface area contributed by atoms with E-state index in [0.29, 0.717) is 40.7 Å². The van der Waals surface area contributed by atoms with Crippen molar-refractivity contribution in [2.75, 3.05) is 18.8 Å². The first-order chi connectivity index (χ1) is 16.5. The zero-order valence-electron chi connectivity index (χ0n) is 19.4. The minimum absolute atomic E-state index is 0.0259. The summed E-state index contributed by atoms with van der Waals surface area (Å²) in [6.45, 7) is 4.22. The Hall–Kier alpha value is -2.43. The molecule has 2 atom stereocenters. The summed E-state index contributed by atoms with van der Waals surface area (Å²) >= 11 is 6.03. The van der Waals surface area contributed by atoms with Crippen LogP contribution >= 0.6 is 11.6 Å². The maximum atomic E-state index is 13.8. The van der Waals surface area contributed by atoms with E-state index < -0.39 is 28.4 Å². The molecule has 0 aliphatic carbocycles. The van der Waals surface area contributed by atoms with E-state index >= 15 is 0 Å². The Bertz CT molecular complexity index is 1130. The third-order valence-corrected chi connectivity index (χ3v) is 7.37. The third kappa shape index (κ3) is 7.28. The molecule has 0 bridgehead atoms. The topological polar surface area (TPSA) is 78.5 Å². The van der Waals surface area contributed by atoms with Gasteiger partial charge in [-0.3, -0.25) is 18.7 Å². The van der Waals surface area contributed by atoms with Gasteiger partial charge in [0.1, 0.15) is 0 Å². The van der Waals surface area contributed by atoms with E-state index in [2.05, 4.69) is 10.6 Å². The largest absolute Gasteiger partial charge is 0.416 e. The Morgan fingerprint density at radius 3 is 2.57 bits per heavy atom. The highest BCUT2D eigenvalue weighted by atomic mass is 35.5. The number of rotatable bonds is 8. The van der Waals surface area contributed by atoms with E-state index in [1.54, 1.807) is 25.1 Å². The molecule has 2 amide bonds. The monoisotopic (exact) mass is 529 g/mol. The SMILES string of the molecule is CCS(=O)c1ccc(Cl)cc1CNC(=O)c1ccc(CN2CCC(NC(C)=O)C2)c(C(F)(F)F)c1. The number of carbonyl (C=O) groups is 2. The summed E-state index contributed by atoms with van der Waals surface area (Å²) in [5.41, 5.74) is -0.392. The van der Waals surface area contributed by atoms with E-state index in [-0.39, 0.29) is 36.2 Å². The van der Waals surface area contributed by atoms with Gasteiger partial charge in [0.2, 0.25) is 5.91 Å². The molecule has 0 radical (unpaired) electrons. The Kier molecular flexibility index (Phi) is 8.95. The van der Waals surface area contributed by atoms with Crippen LogP contribution in [0.3, 0.4) is 0 Å². The van der Waals surface area contributed by atoms with Gasteiger partial charge in [-0.15, -0.1) is 0 Å². The molecular weight excluding hydrogens is 503 g/mol. The van der Waals surface area contributed by atoms with Gasteiger partial charge < -0.3 is 10.6 Å². The van der Waals surface area contributed by atoms with Crippen LogP contribution in [0.2, 0.25) is 5.02 Å². The summed E-state index contributed by atoms with van der Waals surface area (Å²) < 4.78 is 53.8. The second kappa shape index (κ2) is 11.5. The maximum Gasteiger partial charge on any atom is 0.416 e. The number of likely N-dealkylation sites (tertiary alicyclic amines) is 1. The molecule has 0 saturated carbocycles. The molecule has 1 fully saturated rings. The molecular formula is C24H27ClF3N3O3S. The van der Waals surface area contributed by atoms with Crippen LogP contribution in [-0.4, -0.2) is 45.8 Å². The molecule has 2 unspecified atom stereocenters. The van der Waals surface area contributed by atoms with Gasteiger partial charge in [0.05, 0.1) is 16.4 Å². The Morgan fingerprint density at radius 2 is 1.91 bits per heavy atom. The first-order valence-electron chi connectivity index (χ1n) is 11.1. The number of hydrogen-bond acceptors (Lipinski definition) is 4. The Morgan fingerprint density at radius 1 is 1.17 bits per heavy atom. The average Bonchev–Trinajstić information content (AvgIpc) is 3.22.